The monoisotopic (exact) mass is 254 g/mol. The van der Waals surface area contributed by atoms with Gasteiger partial charge in [0.1, 0.15) is 5.82 Å². The van der Waals surface area contributed by atoms with Crippen LogP contribution in [0.2, 0.25) is 5.02 Å². The first-order valence-corrected chi connectivity index (χ1v) is 5.83. The molecule has 16 heavy (non-hydrogen) atoms. The van der Waals surface area contributed by atoms with Crippen LogP contribution in [-0.2, 0) is 0 Å². The maximum Gasteiger partial charge on any atom is 0.169 e. The molecule has 82 valence electrons. The Labute approximate surface area is 101 Å². The summed E-state index contributed by atoms with van der Waals surface area (Å²) in [5, 5.41) is 0.0928. The van der Waals surface area contributed by atoms with Gasteiger partial charge in [0.25, 0.3) is 0 Å². The Bertz CT molecular complexity index is 548. The minimum atomic E-state index is -0.436. The van der Waals surface area contributed by atoms with E-state index >= 15 is 0 Å². The van der Waals surface area contributed by atoms with E-state index < -0.39 is 5.82 Å². The minimum Gasteiger partial charge on any atom is -0.294 e. The van der Waals surface area contributed by atoms with Gasteiger partial charge >= 0.3 is 0 Å². The predicted molar refractivity (Wildman–Crippen MR) is 64.7 cm³/mol. The van der Waals surface area contributed by atoms with Crippen molar-refractivity contribution in [1.29, 1.82) is 0 Å². The van der Waals surface area contributed by atoms with Crippen LogP contribution in [-0.4, -0.2) is 5.78 Å². The van der Waals surface area contributed by atoms with E-state index in [0.717, 1.165) is 10.4 Å². The number of carbonyl (C=O) groups is 1. The van der Waals surface area contributed by atoms with Crippen LogP contribution in [0.15, 0.2) is 30.3 Å². The molecule has 0 bridgehead atoms. The number of rotatable bonds is 2. The Morgan fingerprint density at radius 3 is 2.62 bits per heavy atom. The summed E-state index contributed by atoms with van der Waals surface area (Å²) < 4.78 is 13.0. The van der Waals surface area contributed by atoms with Gasteiger partial charge in [-0.05, 0) is 36.8 Å². The topological polar surface area (TPSA) is 17.1 Å². The van der Waals surface area contributed by atoms with Gasteiger partial charge in [-0.1, -0.05) is 17.7 Å². The van der Waals surface area contributed by atoms with Gasteiger partial charge in [-0.25, -0.2) is 4.39 Å². The van der Waals surface area contributed by atoms with Gasteiger partial charge in [0.2, 0.25) is 0 Å². The maximum absolute atomic E-state index is 13.0. The van der Waals surface area contributed by atoms with Crippen LogP contribution in [0.25, 0.3) is 10.4 Å². The zero-order valence-corrected chi connectivity index (χ0v) is 10.0. The maximum atomic E-state index is 13.0. The quantitative estimate of drug-likeness (QED) is 0.726. The summed E-state index contributed by atoms with van der Waals surface area (Å²) in [6.07, 6.45) is 0. The first-order chi connectivity index (χ1) is 7.58. The van der Waals surface area contributed by atoms with E-state index in [9.17, 15) is 9.18 Å². The van der Waals surface area contributed by atoms with Crippen molar-refractivity contribution in [3.63, 3.8) is 0 Å². The van der Waals surface area contributed by atoms with E-state index in [-0.39, 0.29) is 10.8 Å². The molecule has 0 radical (unpaired) electrons. The number of hydrogen-bond donors (Lipinski definition) is 0. The van der Waals surface area contributed by atoms with Crippen molar-refractivity contribution in [2.75, 3.05) is 0 Å². The molecule has 1 aromatic carbocycles. The van der Waals surface area contributed by atoms with Crippen molar-refractivity contribution in [3.8, 4) is 10.4 Å². The molecule has 0 amide bonds. The lowest BCUT2D eigenvalue weighted by Gasteiger charge is -1.98. The molecule has 0 unspecified atom stereocenters. The van der Waals surface area contributed by atoms with Crippen LogP contribution in [0.3, 0.4) is 0 Å². The highest BCUT2D eigenvalue weighted by atomic mass is 35.5. The summed E-state index contributed by atoms with van der Waals surface area (Å²) >= 11 is 7.07. The van der Waals surface area contributed by atoms with Crippen molar-refractivity contribution in [2.45, 2.75) is 6.92 Å². The molecule has 0 fully saturated rings. The second-order valence-electron chi connectivity index (χ2n) is 3.35. The van der Waals surface area contributed by atoms with Gasteiger partial charge in [-0.2, -0.15) is 0 Å². The van der Waals surface area contributed by atoms with E-state index in [2.05, 4.69) is 0 Å². The lowest BCUT2D eigenvalue weighted by Crippen LogP contribution is -1.83. The zero-order chi connectivity index (χ0) is 11.7. The fourth-order valence-corrected chi connectivity index (χ4v) is 2.41. The van der Waals surface area contributed by atoms with E-state index in [1.807, 2.05) is 6.07 Å². The summed E-state index contributed by atoms with van der Waals surface area (Å²) in [5.41, 5.74) is 0.823. The molecular weight excluding hydrogens is 247 g/mol. The molecule has 2 rings (SSSR count). The van der Waals surface area contributed by atoms with Crippen LogP contribution in [0.1, 0.15) is 16.6 Å². The number of hydrogen-bond acceptors (Lipinski definition) is 2. The summed E-state index contributed by atoms with van der Waals surface area (Å²) in [6, 6.07) is 8.14. The fourth-order valence-electron chi connectivity index (χ4n) is 1.33. The highest BCUT2D eigenvalue weighted by Crippen LogP contribution is 2.30. The first kappa shape index (κ1) is 11.3. The molecule has 0 aliphatic rings. The van der Waals surface area contributed by atoms with Crippen LogP contribution < -0.4 is 0 Å². The second-order valence-corrected chi connectivity index (χ2v) is 4.84. The standard InChI is InChI=1S/C12H8ClFOS/c1-7(15)11-4-5-12(16-11)8-2-3-10(14)9(13)6-8/h2-6H,1H3. The third-order valence-electron chi connectivity index (χ3n) is 2.16. The molecule has 0 spiro atoms. The Hall–Kier alpha value is -1.19. The van der Waals surface area contributed by atoms with Crippen molar-refractivity contribution in [1.82, 2.24) is 0 Å². The Morgan fingerprint density at radius 1 is 1.31 bits per heavy atom. The molecule has 1 aromatic heterocycles. The highest BCUT2D eigenvalue weighted by molar-refractivity contribution is 7.17. The van der Waals surface area contributed by atoms with E-state index in [0.29, 0.717) is 4.88 Å². The summed E-state index contributed by atoms with van der Waals surface area (Å²) in [6.45, 7) is 1.52. The number of ketones is 1. The number of thiophene rings is 1. The third kappa shape index (κ3) is 2.15. The molecule has 0 saturated carbocycles. The Balaban J connectivity index is 2.42. The summed E-state index contributed by atoms with van der Waals surface area (Å²) in [4.78, 5) is 12.7. The summed E-state index contributed by atoms with van der Waals surface area (Å²) in [7, 11) is 0. The Kier molecular flexibility index (Phi) is 3.08. The minimum absolute atomic E-state index is 0.0319. The SMILES string of the molecule is CC(=O)c1ccc(-c2ccc(F)c(Cl)c2)s1. The van der Waals surface area contributed by atoms with Crippen molar-refractivity contribution in [3.05, 3.63) is 46.0 Å². The molecular formula is C12H8ClFOS. The normalized spacial score (nSPS) is 10.4. The molecule has 0 aliphatic carbocycles. The van der Waals surface area contributed by atoms with Crippen molar-refractivity contribution in [2.24, 2.45) is 0 Å². The molecule has 0 aliphatic heterocycles. The van der Waals surface area contributed by atoms with E-state index in [4.69, 9.17) is 11.6 Å². The number of halogens is 2. The largest absolute Gasteiger partial charge is 0.294 e. The highest BCUT2D eigenvalue weighted by Gasteiger charge is 2.08. The Morgan fingerprint density at radius 2 is 2.06 bits per heavy atom. The van der Waals surface area contributed by atoms with Gasteiger partial charge in [0.05, 0.1) is 9.90 Å². The lowest BCUT2D eigenvalue weighted by molar-refractivity contribution is 0.102. The molecule has 4 heteroatoms. The second kappa shape index (κ2) is 4.36. The van der Waals surface area contributed by atoms with Crippen molar-refractivity contribution < 1.29 is 9.18 Å². The van der Waals surface area contributed by atoms with E-state index in [1.165, 1.54) is 24.3 Å². The van der Waals surface area contributed by atoms with Crippen LogP contribution in [0.5, 0.6) is 0 Å². The summed E-state index contributed by atoms with van der Waals surface area (Å²) in [5.74, 6) is -0.404. The van der Waals surface area contributed by atoms with E-state index in [1.54, 1.807) is 18.2 Å². The third-order valence-corrected chi connectivity index (χ3v) is 3.68. The first-order valence-electron chi connectivity index (χ1n) is 4.64. The van der Waals surface area contributed by atoms with Gasteiger partial charge < -0.3 is 0 Å². The van der Waals surface area contributed by atoms with Gasteiger partial charge in [0, 0.05) is 4.88 Å². The van der Waals surface area contributed by atoms with Crippen LogP contribution >= 0.6 is 22.9 Å². The fraction of sp³-hybridized carbons (Fsp3) is 0.0833. The average molecular weight is 255 g/mol. The molecule has 1 nitrogen and oxygen atoms in total. The molecule has 0 atom stereocenters. The van der Waals surface area contributed by atoms with Gasteiger partial charge in [-0.15, -0.1) is 11.3 Å². The molecule has 2 aromatic rings. The molecule has 0 N–H and O–H groups in total. The van der Waals surface area contributed by atoms with Crippen molar-refractivity contribution >= 4 is 28.7 Å². The molecule has 0 saturated heterocycles. The zero-order valence-electron chi connectivity index (χ0n) is 8.46. The number of carbonyl (C=O) groups excluding carboxylic acids is 1. The predicted octanol–water partition coefficient (Wildman–Crippen LogP) is 4.41. The van der Waals surface area contributed by atoms with Crippen LogP contribution in [0.4, 0.5) is 4.39 Å². The number of Topliss-reactive ketones (excluding diaryl/α,β-unsaturated/α-hetero) is 1. The lowest BCUT2D eigenvalue weighted by atomic mass is 10.2. The van der Waals surface area contributed by atoms with Gasteiger partial charge in [-0.3, -0.25) is 4.79 Å². The molecule has 1 heterocycles. The van der Waals surface area contributed by atoms with Crippen LogP contribution in [0, 0.1) is 5.82 Å². The van der Waals surface area contributed by atoms with Gasteiger partial charge in [0.15, 0.2) is 5.78 Å². The average Bonchev–Trinajstić information content (AvgIpc) is 2.71. The number of benzene rings is 1. The smallest absolute Gasteiger partial charge is 0.169 e.